The van der Waals surface area contributed by atoms with E-state index in [4.69, 9.17) is 5.73 Å². The van der Waals surface area contributed by atoms with Gasteiger partial charge >= 0.3 is 0 Å². The van der Waals surface area contributed by atoms with E-state index in [1.54, 1.807) is 32.0 Å². The van der Waals surface area contributed by atoms with Gasteiger partial charge in [-0.1, -0.05) is 18.2 Å². The molecule has 5 heteroatoms. The summed E-state index contributed by atoms with van der Waals surface area (Å²) in [5.74, 6) is -0.337. The van der Waals surface area contributed by atoms with E-state index in [0.717, 1.165) is 0 Å². The van der Waals surface area contributed by atoms with Crippen molar-refractivity contribution in [2.45, 2.75) is 20.3 Å². The maximum atomic E-state index is 13.3. The second kappa shape index (κ2) is 7.34. The third kappa shape index (κ3) is 4.63. The fraction of sp³-hybridized carbons (Fsp3) is 0.462. The van der Waals surface area contributed by atoms with Gasteiger partial charge in [-0.15, -0.1) is 12.4 Å². The number of carbonyl (C=O) groups is 1. The fourth-order valence-electron chi connectivity index (χ4n) is 1.34. The molecule has 0 spiro atoms. The maximum Gasteiger partial charge on any atom is 0.226 e. The van der Waals surface area contributed by atoms with Crippen LogP contribution in [0.15, 0.2) is 24.3 Å². The summed E-state index contributed by atoms with van der Waals surface area (Å²) < 4.78 is 13.3. The molecule has 0 unspecified atom stereocenters. The van der Waals surface area contributed by atoms with Crippen LogP contribution in [0.5, 0.6) is 0 Å². The Morgan fingerprint density at radius 1 is 1.39 bits per heavy atom. The number of benzene rings is 1. The van der Waals surface area contributed by atoms with Crippen LogP contribution >= 0.6 is 12.4 Å². The lowest BCUT2D eigenvalue weighted by atomic mass is 9.92. The molecule has 102 valence electrons. The monoisotopic (exact) mass is 274 g/mol. The third-order valence-electron chi connectivity index (χ3n) is 2.76. The normalized spacial score (nSPS) is 10.7. The van der Waals surface area contributed by atoms with Crippen LogP contribution in [-0.4, -0.2) is 19.0 Å². The number of carbonyl (C=O) groups excluding carboxylic acids is 1. The largest absolute Gasteiger partial charge is 0.355 e. The molecule has 0 aliphatic rings. The zero-order valence-corrected chi connectivity index (χ0v) is 11.5. The van der Waals surface area contributed by atoms with E-state index in [2.05, 4.69) is 5.32 Å². The molecule has 0 aliphatic carbocycles. The zero-order valence-electron chi connectivity index (χ0n) is 10.7. The summed E-state index contributed by atoms with van der Waals surface area (Å²) in [6, 6.07) is 6.57. The van der Waals surface area contributed by atoms with E-state index in [0.29, 0.717) is 25.1 Å². The smallest absolute Gasteiger partial charge is 0.226 e. The van der Waals surface area contributed by atoms with Crippen molar-refractivity contribution < 1.29 is 9.18 Å². The van der Waals surface area contributed by atoms with Crippen LogP contribution in [-0.2, 0) is 11.2 Å². The van der Waals surface area contributed by atoms with Crippen molar-refractivity contribution in [3.63, 3.8) is 0 Å². The minimum atomic E-state index is -0.574. The molecule has 0 heterocycles. The second-order valence-electron chi connectivity index (χ2n) is 4.69. The summed E-state index contributed by atoms with van der Waals surface area (Å²) >= 11 is 0. The first-order chi connectivity index (χ1) is 7.97. The predicted octanol–water partition coefficient (Wildman–Crippen LogP) is 1.89. The standard InChI is InChI=1S/C13H19FN2O.ClH/c1-13(2,9-15)12(17)16-8-7-10-5-3-4-6-11(10)14;/h3-6H,7-9,15H2,1-2H3,(H,16,17);1H. The Morgan fingerprint density at radius 2 is 2.00 bits per heavy atom. The molecule has 0 saturated heterocycles. The molecule has 0 aromatic heterocycles. The Balaban J connectivity index is 0.00000289. The van der Waals surface area contributed by atoms with Gasteiger partial charge in [0.1, 0.15) is 5.82 Å². The summed E-state index contributed by atoms with van der Waals surface area (Å²) in [6.07, 6.45) is 0.485. The van der Waals surface area contributed by atoms with Crippen LogP contribution in [0.25, 0.3) is 0 Å². The fourth-order valence-corrected chi connectivity index (χ4v) is 1.34. The highest BCUT2D eigenvalue weighted by Crippen LogP contribution is 2.12. The second-order valence-corrected chi connectivity index (χ2v) is 4.69. The molecule has 1 rings (SSSR count). The van der Waals surface area contributed by atoms with Gasteiger partial charge < -0.3 is 11.1 Å². The number of hydrogen-bond acceptors (Lipinski definition) is 2. The highest BCUT2D eigenvalue weighted by atomic mass is 35.5. The molecule has 1 amide bonds. The Labute approximate surface area is 113 Å². The lowest BCUT2D eigenvalue weighted by Gasteiger charge is -2.21. The van der Waals surface area contributed by atoms with Crippen molar-refractivity contribution in [3.8, 4) is 0 Å². The highest BCUT2D eigenvalue weighted by Gasteiger charge is 2.25. The first-order valence-electron chi connectivity index (χ1n) is 5.69. The van der Waals surface area contributed by atoms with Crippen molar-refractivity contribution in [2.75, 3.05) is 13.1 Å². The van der Waals surface area contributed by atoms with Crippen LogP contribution < -0.4 is 11.1 Å². The van der Waals surface area contributed by atoms with E-state index in [-0.39, 0.29) is 24.1 Å². The van der Waals surface area contributed by atoms with Gasteiger partial charge in [-0.2, -0.15) is 0 Å². The van der Waals surface area contributed by atoms with Crippen molar-refractivity contribution in [2.24, 2.45) is 11.1 Å². The SMILES string of the molecule is CC(C)(CN)C(=O)NCCc1ccccc1F.Cl. The Hall–Kier alpha value is -1.13. The summed E-state index contributed by atoms with van der Waals surface area (Å²) in [4.78, 5) is 11.7. The number of halogens is 2. The quantitative estimate of drug-likeness (QED) is 0.862. The molecular weight excluding hydrogens is 255 g/mol. The minimum absolute atomic E-state index is 0. The first-order valence-corrected chi connectivity index (χ1v) is 5.69. The molecule has 0 saturated carbocycles. The maximum absolute atomic E-state index is 13.3. The Bertz CT molecular complexity index is 396. The van der Waals surface area contributed by atoms with Gasteiger partial charge in [0.25, 0.3) is 0 Å². The van der Waals surface area contributed by atoms with Gasteiger partial charge in [0.2, 0.25) is 5.91 Å². The lowest BCUT2D eigenvalue weighted by molar-refractivity contribution is -0.128. The number of rotatable bonds is 5. The number of nitrogens with two attached hydrogens (primary N) is 1. The van der Waals surface area contributed by atoms with Crippen molar-refractivity contribution >= 4 is 18.3 Å². The molecule has 3 N–H and O–H groups in total. The van der Waals surface area contributed by atoms with Gasteiger partial charge in [-0.05, 0) is 31.9 Å². The van der Waals surface area contributed by atoms with Crippen LogP contribution in [0, 0.1) is 11.2 Å². The van der Waals surface area contributed by atoms with Gasteiger partial charge in [0.05, 0.1) is 5.41 Å². The molecule has 0 fully saturated rings. The van der Waals surface area contributed by atoms with E-state index in [9.17, 15) is 9.18 Å². The zero-order chi connectivity index (χ0) is 12.9. The summed E-state index contributed by atoms with van der Waals surface area (Å²) in [7, 11) is 0. The van der Waals surface area contributed by atoms with E-state index in [1.807, 2.05) is 0 Å². The lowest BCUT2D eigenvalue weighted by Crippen LogP contribution is -2.42. The first kappa shape index (κ1) is 16.9. The average Bonchev–Trinajstić information content (AvgIpc) is 2.31. The van der Waals surface area contributed by atoms with Crippen LogP contribution in [0.1, 0.15) is 19.4 Å². The summed E-state index contributed by atoms with van der Waals surface area (Å²) in [5, 5.41) is 2.76. The van der Waals surface area contributed by atoms with E-state index >= 15 is 0 Å². The van der Waals surface area contributed by atoms with E-state index < -0.39 is 5.41 Å². The van der Waals surface area contributed by atoms with Crippen molar-refractivity contribution in [3.05, 3.63) is 35.6 Å². The van der Waals surface area contributed by atoms with Crippen LogP contribution in [0.2, 0.25) is 0 Å². The Morgan fingerprint density at radius 3 is 2.56 bits per heavy atom. The summed E-state index contributed by atoms with van der Waals surface area (Å²) in [6.45, 7) is 4.28. The molecule has 3 nitrogen and oxygen atoms in total. The van der Waals surface area contributed by atoms with Crippen LogP contribution in [0.3, 0.4) is 0 Å². The molecule has 18 heavy (non-hydrogen) atoms. The average molecular weight is 275 g/mol. The molecule has 0 aliphatic heterocycles. The van der Waals surface area contributed by atoms with E-state index in [1.165, 1.54) is 6.07 Å². The third-order valence-corrected chi connectivity index (χ3v) is 2.76. The molecule has 0 atom stereocenters. The molecule has 0 bridgehead atoms. The van der Waals surface area contributed by atoms with Gasteiger partial charge in [-0.25, -0.2) is 4.39 Å². The Kier molecular flexibility index (Phi) is 6.88. The topological polar surface area (TPSA) is 55.1 Å². The van der Waals surface area contributed by atoms with Gasteiger partial charge in [0.15, 0.2) is 0 Å². The van der Waals surface area contributed by atoms with Gasteiger partial charge in [-0.3, -0.25) is 4.79 Å². The molecule has 1 aromatic rings. The van der Waals surface area contributed by atoms with Crippen LogP contribution in [0.4, 0.5) is 4.39 Å². The molecule has 1 aromatic carbocycles. The van der Waals surface area contributed by atoms with Gasteiger partial charge in [0, 0.05) is 13.1 Å². The van der Waals surface area contributed by atoms with Crippen molar-refractivity contribution in [1.29, 1.82) is 0 Å². The highest BCUT2D eigenvalue weighted by molar-refractivity contribution is 5.85. The minimum Gasteiger partial charge on any atom is -0.355 e. The number of amides is 1. The number of hydrogen-bond donors (Lipinski definition) is 2. The number of nitrogens with one attached hydrogen (secondary N) is 1. The predicted molar refractivity (Wildman–Crippen MR) is 73.2 cm³/mol. The summed E-state index contributed by atoms with van der Waals surface area (Å²) in [5.41, 5.74) is 5.53. The molecular formula is C13H20ClFN2O. The van der Waals surface area contributed by atoms with Crippen molar-refractivity contribution in [1.82, 2.24) is 5.32 Å². The molecule has 0 radical (unpaired) electrons.